The Kier molecular flexibility index (Phi) is 4.01. The minimum atomic E-state index is -0.316. The van der Waals surface area contributed by atoms with Crippen LogP contribution >= 0.6 is 11.3 Å². The number of nitrogens with one attached hydrogen (secondary N) is 2. The van der Waals surface area contributed by atoms with Gasteiger partial charge in [-0.2, -0.15) is 4.68 Å². The Morgan fingerprint density at radius 2 is 1.96 bits per heavy atom. The Morgan fingerprint density at radius 3 is 2.72 bits per heavy atom. The van der Waals surface area contributed by atoms with Gasteiger partial charge in [0.05, 0.1) is 5.39 Å². The largest absolute Gasteiger partial charge is 0.324 e. The fourth-order valence-electron chi connectivity index (χ4n) is 3.20. The quantitative estimate of drug-likeness (QED) is 0.757. The summed E-state index contributed by atoms with van der Waals surface area (Å²) in [5, 5.41) is 3.78. The highest BCUT2D eigenvalue weighted by atomic mass is 32.1. The number of carbonyl (C=O) groups excluding carboxylic acids is 1. The van der Waals surface area contributed by atoms with Crippen LogP contribution in [0.15, 0.2) is 35.1 Å². The molecule has 0 atom stereocenters. The number of amides is 1. The number of hydrogen-bond acceptors (Lipinski definition) is 5. The van der Waals surface area contributed by atoms with Crippen LogP contribution in [0.1, 0.15) is 30.2 Å². The summed E-state index contributed by atoms with van der Waals surface area (Å²) in [6, 6.07) is 9.47. The van der Waals surface area contributed by atoms with Gasteiger partial charge in [0, 0.05) is 17.5 Å². The maximum atomic E-state index is 13.1. The van der Waals surface area contributed by atoms with Gasteiger partial charge in [-0.15, -0.1) is 11.3 Å². The van der Waals surface area contributed by atoms with Crippen molar-refractivity contribution in [2.45, 2.75) is 32.6 Å². The standard InChI is InChI=1S/C18H18N4O2S/c1-11(23)21-22-17(24)15-13-9-5-6-10-14(13)25-16(15)20-18(22)19-12-7-3-2-4-8-12/h2-4,7-8H,5-6,9-10H2,1H3,(H,19,20)(H,21,23). The van der Waals surface area contributed by atoms with Crippen molar-refractivity contribution in [1.82, 2.24) is 9.66 Å². The number of carbonyl (C=O) groups is 1. The molecule has 0 fully saturated rings. The van der Waals surface area contributed by atoms with E-state index in [1.165, 1.54) is 16.5 Å². The number of fused-ring (bicyclic) bond motifs is 3. The van der Waals surface area contributed by atoms with E-state index < -0.39 is 0 Å². The van der Waals surface area contributed by atoms with E-state index >= 15 is 0 Å². The average Bonchev–Trinajstić information content (AvgIpc) is 2.97. The van der Waals surface area contributed by atoms with Crippen molar-refractivity contribution in [1.29, 1.82) is 0 Å². The topological polar surface area (TPSA) is 76.0 Å². The van der Waals surface area contributed by atoms with Gasteiger partial charge >= 0.3 is 0 Å². The summed E-state index contributed by atoms with van der Waals surface area (Å²) in [6.07, 6.45) is 4.13. The maximum Gasteiger partial charge on any atom is 0.283 e. The molecule has 2 N–H and O–H groups in total. The van der Waals surface area contributed by atoms with Gasteiger partial charge in [0.2, 0.25) is 11.9 Å². The van der Waals surface area contributed by atoms with Gasteiger partial charge in [0.1, 0.15) is 4.83 Å². The van der Waals surface area contributed by atoms with Crippen molar-refractivity contribution in [3.63, 3.8) is 0 Å². The van der Waals surface area contributed by atoms with Gasteiger partial charge in [-0.1, -0.05) is 18.2 Å². The summed E-state index contributed by atoms with van der Waals surface area (Å²) in [7, 11) is 0. The molecule has 25 heavy (non-hydrogen) atoms. The lowest BCUT2D eigenvalue weighted by atomic mass is 9.97. The van der Waals surface area contributed by atoms with E-state index in [2.05, 4.69) is 15.7 Å². The zero-order valence-corrected chi connectivity index (χ0v) is 14.7. The minimum absolute atomic E-state index is 0.224. The van der Waals surface area contributed by atoms with Crippen molar-refractivity contribution < 1.29 is 4.79 Å². The van der Waals surface area contributed by atoms with Crippen LogP contribution in [-0.4, -0.2) is 15.6 Å². The van der Waals surface area contributed by atoms with Crippen LogP contribution in [0.2, 0.25) is 0 Å². The van der Waals surface area contributed by atoms with Gasteiger partial charge < -0.3 is 5.32 Å². The van der Waals surface area contributed by atoms with Crippen LogP contribution in [-0.2, 0) is 17.6 Å². The normalized spacial score (nSPS) is 13.5. The zero-order chi connectivity index (χ0) is 17.4. The first-order valence-electron chi connectivity index (χ1n) is 8.30. The van der Waals surface area contributed by atoms with Crippen LogP contribution in [0.5, 0.6) is 0 Å². The Morgan fingerprint density at radius 1 is 1.20 bits per heavy atom. The summed E-state index contributed by atoms with van der Waals surface area (Å²) in [5.74, 6) is 0.000885. The molecule has 0 bridgehead atoms. The summed E-state index contributed by atoms with van der Waals surface area (Å²) < 4.78 is 1.22. The number of aryl methyl sites for hydroxylation is 2. The predicted molar refractivity (Wildman–Crippen MR) is 100 cm³/mol. The van der Waals surface area contributed by atoms with Crippen molar-refractivity contribution in [2.24, 2.45) is 0 Å². The molecule has 3 aromatic rings. The Labute approximate surface area is 148 Å². The first kappa shape index (κ1) is 15.8. The van der Waals surface area contributed by atoms with Crippen LogP contribution in [0, 0.1) is 0 Å². The van der Waals surface area contributed by atoms with E-state index in [1.54, 1.807) is 11.3 Å². The Hall–Kier alpha value is -2.67. The van der Waals surface area contributed by atoms with E-state index in [-0.39, 0.29) is 11.5 Å². The molecule has 0 unspecified atom stereocenters. The van der Waals surface area contributed by atoms with Crippen LogP contribution in [0.4, 0.5) is 11.6 Å². The molecule has 2 heterocycles. The highest BCUT2D eigenvalue weighted by Crippen LogP contribution is 2.34. The Balaban J connectivity index is 1.91. The molecule has 128 valence electrons. The van der Waals surface area contributed by atoms with E-state index in [1.807, 2.05) is 30.3 Å². The molecular weight excluding hydrogens is 336 g/mol. The third kappa shape index (κ3) is 2.91. The SMILES string of the molecule is CC(=O)Nn1c(Nc2ccccc2)nc2sc3c(c2c1=O)CCCC3. The monoisotopic (exact) mass is 354 g/mol. The number of hydrogen-bond donors (Lipinski definition) is 2. The molecule has 1 aliphatic rings. The molecular formula is C18H18N4O2S. The third-order valence-corrected chi connectivity index (χ3v) is 5.47. The molecule has 4 rings (SSSR count). The molecule has 0 radical (unpaired) electrons. The van der Waals surface area contributed by atoms with Crippen molar-refractivity contribution in [2.75, 3.05) is 10.7 Å². The number of nitrogens with zero attached hydrogens (tertiary/aromatic N) is 2. The van der Waals surface area contributed by atoms with Crippen molar-refractivity contribution in [3.05, 3.63) is 51.1 Å². The van der Waals surface area contributed by atoms with Gasteiger partial charge in [-0.3, -0.25) is 15.0 Å². The molecule has 1 aliphatic carbocycles. The van der Waals surface area contributed by atoms with E-state index in [4.69, 9.17) is 0 Å². The lowest BCUT2D eigenvalue weighted by Crippen LogP contribution is -2.34. The fourth-order valence-corrected chi connectivity index (χ4v) is 4.45. The van der Waals surface area contributed by atoms with E-state index in [0.29, 0.717) is 11.3 Å². The van der Waals surface area contributed by atoms with E-state index in [0.717, 1.165) is 41.8 Å². The second-order valence-electron chi connectivity index (χ2n) is 6.13. The Bertz CT molecular complexity index is 1010. The highest BCUT2D eigenvalue weighted by Gasteiger charge is 2.22. The summed E-state index contributed by atoms with van der Waals surface area (Å²) in [6.45, 7) is 1.38. The zero-order valence-electron chi connectivity index (χ0n) is 13.8. The third-order valence-electron chi connectivity index (χ3n) is 4.29. The maximum absolute atomic E-state index is 13.1. The number of aromatic nitrogens is 2. The molecule has 1 aromatic carbocycles. The molecule has 0 aliphatic heterocycles. The lowest BCUT2D eigenvalue weighted by molar-refractivity contribution is -0.115. The predicted octanol–water partition coefficient (Wildman–Crippen LogP) is 3.17. The summed E-state index contributed by atoms with van der Waals surface area (Å²) >= 11 is 1.59. The summed E-state index contributed by atoms with van der Waals surface area (Å²) in [5.41, 5.74) is 4.28. The molecule has 1 amide bonds. The number of rotatable bonds is 3. The molecule has 0 saturated heterocycles. The number of para-hydroxylation sites is 1. The van der Waals surface area contributed by atoms with Crippen molar-refractivity contribution in [3.8, 4) is 0 Å². The first-order chi connectivity index (χ1) is 12.1. The molecule has 6 nitrogen and oxygen atoms in total. The van der Waals surface area contributed by atoms with Crippen LogP contribution in [0.3, 0.4) is 0 Å². The summed E-state index contributed by atoms with van der Waals surface area (Å²) in [4.78, 5) is 31.3. The van der Waals surface area contributed by atoms with Crippen LogP contribution < -0.4 is 16.3 Å². The van der Waals surface area contributed by atoms with E-state index in [9.17, 15) is 9.59 Å². The van der Waals surface area contributed by atoms with Crippen molar-refractivity contribution >= 4 is 39.1 Å². The molecule has 0 saturated carbocycles. The van der Waals surface area contributed by atoms with Gasteiger partial charge in [-0.25, -0.2) is 4.98 Å². The minimum Gasteiger partial charge on any atom is -0.324 e. The average molecular weight is 354 g/mol. The molecule has 0 spiro atoms. The highest BCUT2D eigenvalue weighted by molar-refractivity contribution is 7.18. The lowest BCUT2D eigenvalue weighted by Gasteiger charge is -2.14. The fraction of sp³-hybridized carbons (Fsp3) is 0.278. The number of thiophene rings is 1. The smallest absolute Gasteiger partial charge is 0.283 e. The van der Waals surface area contributed by atoms with Gasteiger partial charge in [0.25, 0.3) is 5.56 Å². The molecule has 2 aromatic heterocycles. The first-order valence-corrected chi connectivity index (χ1v) is 9.12. The van der Waals surface area contributed by atoms with Gasteiger partial charge in [-0.05, 0) is 43.4 Å². The number of anilines is 2. The van der Waals surface area contributed by atoms with Gasteiger partial charge in [0.15, 0.2) is 0 Å². The molecule has 7 heteroatoms. The second kappa shape index (κ2) is 6.33. The number of benzene rings is 1. The van der Waals surface area contributed by atoms with Crippen LogP contribution in [0.25, 0.3) is 10.2 Å². The second-order valence-corrected chi connectivity index (χ2v) is 7.21.